The molecule has 0 aromatic rings. The second-order valence-electron chi connectivity index (χ2n) is 3.20. The Labute approximate surface area is 60.8 Å². The SMILES string of the molecule is CC1CCCC1(N)C(N)=O. The third kappa shape index (κ3) is 0.904. The third-order valence-electron chi connectivity index (χ3n) is 2.57. The standard InChI is InChI=1S/C7H14N2O/c1-5-3-2-4-7(5,9)6(8)10/h5H,2-4,9H2,1H3,(H2,8,10). The summed E-state index contributed by atoms with van der Waals surface area (Å²) < 4.78 is 0. The molecule has 4 N–H and O–H groups in total. The summed E-state index contributed by atoms with van der Waals surface area (Å²) in [5, 5.41) is 0. The molecule has 0 bridgehead atoms. The first kappa shape index (κ1) is 7.54. The lowest BCUT2D eigenvalue weighted by Gasteiger charge is -2.24. The Morgan fingerprint density at radius 2 is 2.30 bits per heavy atom. The van der Waals surface area contributed by atoms with Crippen molar-refractivity contribution in [1.82, 2.24) is 0 Å². The first-order valence-electron chi connectivity index (χ1n) is 3.66. The van der Waals surface area contributed by atoms with Crippen LogP contribution in [0.15, 0.2) is 0 Å². The van der Waals surface area contributed by atoms with Crippen molar-refractivity contribution in [1.29, 1.82) is 0 Å². The molecule has 0 heterocycles. The maximum atomic E-state index is 10.8. The van der Waals surface area contributed by atoms with Crippen molar-refractivity contribution in [3.8, 4) is 0 Å². The van der Waals surface area contributed by atoms with Crippen LogP contribution in [0, 0.1) is 5.92 Å². The Balaban J connectivity index is 2.75. The smallest absolute Gasteiger partial charge is 0.237 e. The summed E-state index contributed by atoms with van der Waals surface area (Å²) in [4.78, 5) is 10.8. The molecule has 0 spiro atoms. The van der Waals surface area contributed by atoms with Crippen molar-refractivity contribution < 1.29 is 4.79 Å². The van der Waals surface area contributed by atoms with Gasteiger partial charge in [0.1, 0.15) is 0 Å². The third-order valence-corrected chi connectivity index (χ3v) is 2.57. The first-order valence-corrected chi connectivity index (χ1v) is 3.66. The monoisotopic (exact) mass is 142 g/mol. The highest BCUT2D eigenvalue weighted by Gasteiger charge is 2.41. The Bertz CT molecular complexity index is 158. The van der Waals surface area contributed by atoms with Gasteiger partial charge in [-0.3, -0.25) is 4.79 Å². The van der Waals surface area contributed by atoms with Gasteiger partial charge in [-0.1, -0.05) is 13.3 Å². The van der Waals surface area contributed by atoms with Crippen LogP contribution >= 0.6 is 0 Å². The predicted molar refractivity (Wildman–Crippen MR) is 39.1 cm³/mol. The van der Waals surface area contributed by atoms with Crippen molar-refractivity contribution in [3.05, 3.63) is 0 Å². The highest BCUT2D eigenvalue weighted by Crippen LogP contribution is 2.32. The van der Waals surface area contributed by atoms with E-state index in [9.17, 15) is 4.79 Å². The number of carbonyl (C=O) groups excluding carboxylic acids is 1. The van der Waals surface area contributed by atoms with Gasteiger partial charge in [0.25, 0.3) is 0 Å². The highest BCUT2D eigenvalue weighted by atomic mass is 16.1. The second kappa shape index (κ2) is 2.23. The van der Waals surface area contributed by atoms with Gasteiger partial charge in [-0.25, -0.2) is 0 Å². The van der Waals surface area contributed by atoms with E-state index in [4.69, 9.17) is 11.5 Å². The minimum absolute atomic E-state index is 0.255. The van der Waals surface area contributed by atoms with Gasteiger partial charge in [0.05, 0.1) is 5.54 Å². The Morgan fingerprint density at radius 3 is 2.50 bits per heavy atom. The molecule has 10 heavy (non-hydrogen) atoms. The fourth-order valence-electron chi connectivity index (χ4n) is 1.57. The van der Waals surface area contributed by atoms with Crippen LogP contribution in [0.5, 0.6) is 0 Å². The van der Waals surface area contributed by atoms with Crippen LogP contribution in [-0.4, -0.2) is 11.4 Å². The van der Waals surface area contributed by atoms with Crippen LogP contribution in [0.25, 0.3) is 0 Å². The van der Waals surface area contributed by atoms with Crippen LogP contribution in [0.1, 0.15) is 26.2 Å². The zero-order valence-corrected chi connectivity index (χ0v) is 6.26. The predicted octanol–water partition coefficient (Wildman–Crippen LogP) is -0.0108. The Morgan fingerprint density at radius 1 is 1.70 bits per heavy atom. The number of amides is 1. The van der Waals surface area contributed by atoms with Gasteiger partial charge in [-0.15, -0.1) is 0 Å². The van der Waals surface area contributed by atoms with Gasteiger partial charge in [0, 0.05) is 0 Å². The van der Waals surface area contributed by atoms with Crippen molar-refractivity contribution >= 4 is 5.91 Å². The van der Waals surface area contributed by atoms with Crippen molar-refractivity contribution in [2.45, 2.75) is 31.7 Å². The fraction of sp³-hybridized carbons (Fsp3) is 0.857. The summed E-state index contributed by atoms with van der Waals surface area (Å²) in [6, 6.07) is 0. The molecular weight excluding hydrogens is 128 g/mol. The molecule has 0 aromatic carbocycles. The maximum Gasteiger partial charge on any atom is 0.237 e. The molecule has 2 atom stereocenters. The van der Waals surface area contributed by atoms with Gasteiger partial charge in [0.2, 0.25) is 5.91 Å². The van der Waals surface area contributed by atoms with Gasteiger partial charge in [-0.05, 0) is 18.8 Å². The van der Waals surface area contributed by atoms with E-state index in [1.807, 2.05) is 6.92 Å². The van der Waals surface area contributed by atoms with Crippen LogP contribution in [-0.2, 0) is 4.79 Å². The molecule has 0 saturated heterocycles. The Hall–Kier alpha value is -0.570. The van der Waals surface area contributed by atoms with Gasteiger partial charge >= 0.3 is 0 Å². The summed E-state index contributed by atoms with van der Waals surface area (Å²) in [6.45, 7) is 1.98. The fourth-order valence-corrected chi connectivity index (χ4v) is 1.57. The van der Waals surface area contributed by atoms with E-state index >= 15 is 0 Å². The number of hydrogen-bond donors (Lipinski definition) is 2. The summed E-state index contributed by atoms with van der Waals surface area (Å²) in [5.74, 6) is -0.0949. The average Bonchev–Trinajstić information content (AvgIpc) is 2.15. The summed E-state index contributed by atoms with van der Waals surface area (Å²) in [7, 11) is 0. The molecule has 0 aliphatic heterocycles. The zero-order chi connectivity index (χ0) is 7.78. The van der Waals surface area contributed by atoms with Crippen molar-refractivity contribution in [2.24, 2.45) is 17.4 Å². The number of primary amides is 1. The minimum atomic E-state index is -0.708. The van der Waals surface area contributed by atoms with Crippen LogP contribution in [0.2, 0.25) is 0 Å². The van der Waals surface area contributed by atoms with Crippen LogP contribution < -0.4 is 11.5 Å². The minimum Gasteiger partial charge on any atom is -0.368 e. The molecule has 1 amide bonds. The Kier molecular flexibility index (Phi) is 1.68. The summed E-state index contributed by atoms with van der Waals surface area (Å²) in [6.07, 6.45) is 2.81. The lowest BCUT2D eigenvalue weighted by molar-refractivity contribution is -0.124. The molecule has 1 rings (SSSR count). The molecule has 1 aliphatic carbocycles. The largest absolute Gasteiger partial charge is 0.368 e. The highest BCUT2D eigenvalue weighted by molar-refractivity contribution is 5.85. The molecule has 3 nitrogen and oxygen atoms in total. The average molecular weight is 142 g/mol. The molecule has 1 fully saturated rings. The zero-order valence-electron chi connectivity index (χ0n) is 6.26. The lowest BCUT2D eigenvalue weighted by atomic mass is 9.89. The van der Waals surface area contributed by atoms with Crippen LogP contribution in [0.4, 0.5) is 0 Å². The summed E-state index contributed by atoms with van der Waals surface area (Å²) in [5.41, 5.74) is 10.2. The van der Waals surface area contributed by atoms with E-state index < -0.39 is 5.54 Å². The molecule has 0 aromatic heterocycles. The molecule has 0 radical (unpaired) electrons. The number of rotatable bonds is 1. The molecule has 1 aliphatic rings. The van der Waals surface area contributed by atoms with E-state index in [1.54, 1.807) is 0 Å². The second-order valence-corrected chi connectivity index (χ2v) is 3.20. The van der Waals surface area contributed by atoms with Crippen molar-refractivity contribution in [3.63, 3.8) is 0 Å². The number of nitrogens with two attached hydrogens (primary N) is 2. The number of carbonyl (C=O) groups is 1. The quantitative estimate of drug-likeness (QED) is 0.540. The van der Waals surface area contributed by atoms with Crippen LogP contribution in [0.3, 0.4) is 0 Å². The van der Waals surface area contributed by atoms with E-state index in [1.165, 1.54) is 0 Å². The molecule has 58 valence electrons. The number of hydrogen-bond acceptors (Lipinski definition) is 2. The van der Waals surface area contributed by atoms with E-state index in [0.717, 1.165) is 19.3 Å². The molecule has 3 heteroatoms. The first-order chi connectivity index (χ1) is 4.57. The van der Waals surface area contributed by atoms with E-state index in [0.29, 0.717) is 0 Å². The van der Waals surface area contributed by atoms with Gasteiger partial charge in [0.15, 0.2) is 0 Å². The molecule has 1 saturated carbocycles. The maximum absolute atomic E-state index is 10.8. The van der Waals surface area contributed by atoms with Gasteiger partial charge in [-0.2, -0.15) is 0 Å². The molecule has 2 unspecified atom stereocenters. The topological polar surface area (TPSA) is 69.1 Å². The normalized spacial score (nSPS) is 40.0. The lowest BCUT2D eigenvalue weighted by Crippen LogP contribution is -2.53. The van der Waals surface area contributed by atoms with Gasteiger partial charge < -0.3 is 11.5 Å². The van der Waals surface area contributed by atoms with Crippen molar-refractivity contribution in [2.75, 3.05) is 0 Å². The van der Waals surface area contributed by atoms with E-state index in [-0.39, 0.29) is 11.8 Å². The van der Waals surface area contributed by atoms with E-state index in [2.05, 4.69) is 0 Å². The molecular formula is C7H14N2O. The summed E-state index contributed by atoms with van der Waals surface area (Å²) >= 11 is 0.